The molecule has 1 aromatic carbocycles. The van der Waals surface area contributed by atoms with Gasteiger partial charge in [0.05, 0.1) is 24.9 Å². The molecule has 0 bridgehead atoms. The Morgan fingerprint density at radius 1 is 1.27 bits per heavy atom. The Hall–Kier alpha value is -0.900. The molecule has 0 unspecified atom stereocenters. The lowest BCUT2D eigenvalue weighted by atomic mass is 9.78. The van der Waals surface area contributed by atoms with Crippen LogP contribution in [0.5, 0.6) is 0 Å². The van der Waals surface area contributed by atoms with Crippen molar-refractivity contribution in [3.05, 3.63) is 35.9 Å². The molecule has 0 aromatic heterocycles. The van der Waals surface area contributed by atoms with Gasteiger partial charge in [0.2, 0.25) is 0 Å². The summed E-state index contributed by atoms with van der Waals surface area (Å²) in [4.78, 5) is 0. The number of hydrogen-bond acceptors (Lipinski definition) is 3. The van der Waals surface area contributed by atoms with Gasteiger partial charge in [-0.05, 0) is 5.56 Å². The van der Waals surface area contributed by atoms with Crippen molar-refractivity contribution in [1.82, 2.24) is 0 Å². The lowest BCUT2D eigenvalue weighted by molar-refractivity contribution is -0.162. The van der Waals surface area contributed by atoms with Crippen LogP contribution in [-0.4, -0.2) is 28.5 Å². The molecule has 1 aliphatic carbocycles. The Balaban J connectivity index is 1.73. The average molecular weight is 208 g/mol. The Kier molecular flexibility index (Phi) is 3.05. The van der Waals surface area contributed by atoms with Crippen LogP contribution in [0.1, 0.15) is 18.4 Å². The van der Waals surface area contributed by atoms with Gasteiger partial charge in [0.15, 0.2) is 0 Å². The first-order valence-corrected chi connectivity index (χ1v) is 5.21. The molecule has 1 saturated carbocycles. The number of rotatable bonds is 4. The quantitative estimate of drug-likeness (QED) is 0.778. The van der Waals surface area contributed by atoms with Crippen molar-refractivity contribution in [2.45, 2.75) is 31.2 Å². The van der Waals surface area contributed by atoms with E-state index in [0.717, 1.165) is 5.56 Å². The zero-order valence-corrected chi connectivity index (χ0v) is 8.60. The molecule has 3 heteroatoms. The van der Waals surface area contributed by atoms with Gasteiger partial charge >= 0.3 is 0 Å². The highest BCUT2D eigenvalue weighted by atomic mass is 16.5. The maximum Gasteiger partial charge on any atom is 0.0926 e. The Morgan fingerprint density at radius 3 is 2.53 bits per heavy atom. The van der Waals surface area contributed by atoms with Crippen molar-refractivity contribution >= 4 is 0 Å². The number of aliphatic hydroxyl groups is 2. The third kappa shape index (κ3) is 2.56. The molecule has 1 aromatic rings. The lowest BCUT2D eigenvalue weighted by Crippen LogP contribution is -2.50. The SMILES string of the molecule is OCC1(O)CC(OCc2ccccc2)C1. The standard InChI is InChI=1S/C12H16O3/c13-9-12(14)6-11(7-12)15-8-10-4-2-1-3-5-10/h1-5,11,13-14H,6-9H2. The third-order valence-electron chi connectivity index (χ3n) is 2.84. The highest BCUT2D eigenvalue weighted by molar-refractivity contribution is 5.13. The Bertz CT molecular complexity index is 304. The van der Waals surface area contributed by atoms with E-state index in [2.05, 4.69) is 0 Å². The van der Waals surface area contributed by atoms with Gasteiger partial charge in [0.1, 0.15) is 0 Å². The van der Waals surface area contributed by atoms with Crippen LogP contribution in [0.15, 0.2) is 30.3 Å². The van der Waals surface area contributed by atoms with E-state index in [1.54, 1.807) is 0 Å². The molecule has 2 N–H and O–H groups in total. The minimum absolute atomic E-state index is 0.0855. The maximum atomic E-state index is 9.56. The Morgan fingerprint density at radius 2 is 1.93 bits per heavy atom. The fourth-order valence-corrected chi connectivity index (χ4v) is 1.82. The van der Waals surface area contributed by atoms with E-state index in [4.69, 9.17) is 9.84 Å². The maximum absolute atomic E-state index is 9.56. The molecule has 0 atom stereocenters. The molecule has 0 radical (unpaired) electrons. The minimum atomic E-state index is -0.888. The first kappa shape index (κ1) is 10.6. The molecule has 0 spiro atoms. The topological polar surface area (TPSA) is 49.7 Å². The number of aliphatic hydroxyl groups excluding tert-OH is 1. The summed E-state index contributed by atoms with van der Waals surface area (Å²) in [6, 6.07) is 9.94. The van der Waals surface area contributed by atoms with Crippen molar-refractivity contribution in [3.8, 4) is 0 Å². The van der Waals surface area contributed by atoms with Crippen molar-refractivity contribution in [1.29, 1.82) is 0 Å². The molecular formula is C12H16O3. The van der Waals surface area contributed by atoms with E-state index in [0.29, 0.717) is 19.4 Å². The second-order valence-electron chi connectivity index (χ2n) is 4.21. The molecule has 82 valence electrons. The van der Waals surface area contributed by atoms with Crippen LogP contribution in [-0.2, 0) is 11.3 Å². The Labute approximate surface area is 89.3 Å². The molecule has 1 aliphatic rings. The molecule has 0 heterocycles. The monoisotopic (exact) mass is 208 g/mol. The van der Waals surface area contributed by atoms with E-state index >= 15 is 0 Å². The van der Waals surface area contributed by atoms with Crippen LogP contribution in [0, 0.1) is 0 Å². The van der Waals surface area contributed by atoms with Gasteiger partial charge in [-0.1, -0.05) is 30.3 Å². The summed E-state index contributed by atoms with van der Waals surface area (Å²) in [7, 11) is 0. The molecule has 3 nitrogen and oxygen atoms in total. The number of hydrogen-bond donors (Lipinski definition) is 2. The van der Waals surface area contributed by atoms with Gasteiger partial charge in [-0.3, -0.25) is 0 Å². The van der Waals surface area contributed by atoms with Crippen LogP contribution >= 0.6 is 0 Å². The predicted octanol–water partition coefficient (Wildman–Crippen LogP) is 1.09. The molecule has 1 fully saturated rings. The fraction of sp³-hybridized carbons (Fsp3) is 0.500. The van der Waals surface area contributed by atoms with E-state index in [-0.39, 0.29) is 12.7 Å². The summed E-state index contributed by atoms with van der Waals surface area (Å²) in [5.74, 6) is 0. The predicted molar refractivity (Wildman–Crippen MR) is 56.3 cm³/mol. The molecule has 0 amide bonds. The van der Waals surface area contributed by atoms with Gasteiger partial charge in [0.25, 0.3) is 0 Å². The summed E-state index contributed by atoms with van der Waals surface area (Å²) in [5.41, 5.74) is 0.249. The van der Waals surface area contributed by atoms with Crippen molar-refractivity contribution < 1.29 is 14.9 Å². The van der Waals surface area contributed by atoms with Crippen LogP contribution in [0.2, 0.25) is 0 Å². The van der Waals surface area contributed by atoms with E-state index < -0.39 is 5.60 Å². The summed E-state index contributed by atoms with van der Waals surface area (Å²) >= 11 is 0. The second kappa shape index (κ2) is 4.31. The average Bonchev–Trinajstić information content (AvgIpc) is 2.24. The van der Waals surface area contributed by atoms with Crippen LogP contribution < -0.4 is 0 Å². The van der Waals surface area contributed by atoms with Crippen LogP contribution in [0.4, 0.5) is 0 Å². The zero-order chi connectivity index (χ0) is 10.7. The van der Waals surface area contributed by atoms with Crippen molar-refractivity contribution in [3.63, 3.8) is 0 Å². The summed E-state index contributed by atoms with van der Waals surface area (Å²) < 4.78 is 5.59. The van der Waals surface area contributed by atoms with Crippen LogP contribution in [0.3, 0.4) is 0 Å². The van der Waals surface area contributed by atoms with Crippen molar-refractivity contribution in [2.24, 2.45) is 0 Å². The zero-order valence-electron chi connectivity index (χ0n) is 8.60. The smallest absolute Gasteiger partial charge is 0.0926 e. The second-order valence-corrected chi connectivity index (χ2v) is 4.21. The van der Waals surface area contributed by atoms with Gasteiger partial charge in [-0.15, -0.1) is 0 Å². The first-order chi connectivity index (χ1) is 7.22. The van der Waals surface area contributed by atoms with E-state index in [1.807, 2.05) is 30.3 Å². The normalized spacial score (nSPS) is 29.9. The summed E-state index contributed by atoms with van der Waals surface area (Å²) in [5, 5.41) is 18.4. The number of benzene rings is 1. The first-order valence-electron chi connectivity index (χ1n) is 5.21. The molecule has 15 heavy (non-hydrogen) atoms. The molecule has 0 aliphatic heterocycles. The van der Waals surface area contributed by atoms with Gasteiger partial charge in [-0.25, -0.2) is 0 Å². The summed E-state index contributed by atoms with van der Waals surface area (Å²) in [6.07, 6.45) is 1.16. The largest absolute Gasteiger partial charge is 0.393 e. The fourth-order valence-electron chi connectivity index (χ4n) is 1.82. The highest BCUT2D eigenvalue weighted by Gasteiger charge is 2.42. The lowest BCUT2D eigenvalue weighted by Gasteiger charge is -2.41. The number of ether oxygens (including phenoxy) is 1. The van der Waals surface area contributed by atoms with Crippen LogP contribution in [0.25, 0.3) is 0 Å². The molecule has 0 saturated heterocycles. The van der Waals surface area contributed by atoms with E-state index in [1.165, 1.54) is 0 Å². The summed E-state index contributed by atoms with van der Waals surface area (Å²) in [6.45, 7) is 0.408. The molecular weight excluding hydrogens is 192 g/mol. The highest BCUT2D eigenvalue weighted by Crippen LogP contribution is 2.34. The van der Waals surface area contributed by atoms with Gasteiger partial charge in [0, 0.05) is 12.8 Å². The van der Waals surface area contributed by atoms with Gasteiger partial charge < -0.3 is 14.9 Å². The van der Waals surface area contributed by atoms with E-state index in [9.17, 15) is 5.11 Å². The minimum Gasteiger partial charge on any atom is -0.393 e. The molecule has 2 rings (SSSR count). The third-order valence-corrected chi connectivity index (χ3v) is 2.84. The van der Waals surface area contributed by atoms with Gasteiger partial charge in [-0.2, -0.15) is 0 Å². The van der Waals surface area contributed by atoms with Crippen molar-refractivity contribution in [2.75, 3.05) is 6.61 Å².